The highest BCUT2D eigenvalue weighted by Crippen LogP contribution is 2.29. The molecule has 2 N–H and O–H groups in total. The predicted octanol–water partition coefficient (Wildman–Crippen LogP) is 2.60. The Kier molecular flexibility index (Phi) is 2.14. The van der Waals surface area contributed by atoms with E-state index >= 15 is 0 Å². The van der Waals surface area contributed by atoms with Gasteiger partial charge in [0.1, 0.15) is 5.75 Å². The van der Waals surface area contributed by atoms with Crippen molar-refractivity contribution in [2.24, 2.45) is 0 Å². The molecule has 1 unspecified atom stereocenters. The molecule has 0 radical (unpaired) electrons. The molecule has 0 aliphatic carbocycles. The summed E-state index contributed by atoms with van der Waals surface area (Å²) in [6.45, 7) is 1.72. The first-order valence-corrected chi connectivity index (χ1v) is 4.59. The standard InChI is InChI=1S/C12H12O2/c1-8(13)9-4-2-6-11-10(9)5-3-7-12(11)14/h2-8,13-14H,1H3. The van der Waals surface area contributed by atoms with Gasteiger partial charge >= 0.3 is 0 Å². The van der Waals surface area contributed by atoms with Crippen LogP contribution in [0.5, 0.6) is 5.75 Å². The number of phenolic OH excluding ortho intramolecular Hbond substituents is 1. The normalized spacial score (nSPS) is 13.0. The lowest BCUT2D eigenvalue weighted by Crippen LogP contribution is -1.91. The van der Waals surface area contributed by atoms with Gasteiger partial charge in [-0.05, 0) is 23.9 Å². The summed E-state index contributed by atoms with van der Waals surface area (Å²) in [5.41, 5.74) is 0.846. The lowest BCUT2D eigenvalue weighted by atomic mass is 10.0. The maximum atomic E-state index is 9.60. The highest BCUT2D eigenvalue weighted by Gasteiger charge is 2.07. The maximum Gasteiger partial charge on any atom is 0.123 e. The molecule has 72 valence electrons. The first-order chi connectivity index (χ1) is 6.70. The van der Waals surface area contributed by atoms with Crippen LogP contribution in [0.1, 0.15) is 18.6 Å². The van der Waals surface area contributed by atoms with Crippen molar-refractivity contribution in [1.29, 1.82) is 0 Å². The van der Waals surface area contributed by atoms with E-state index in [1.165, 1.54) is 0 Å². The fraction of sp³-hybridized carbons (Fsp3) is 0.167. The minimum atomic E-state index is -0.513. The van der Waals surface area contributed by atoms with Gasteiger partial charge < -0.3 is 10.2 Å². The largest absolute Gasteiger partial charge is 0.507 e. The number of aliphatic hydroxyl groups excluding tert-OH is 1. The van der Waals surface area contributed by atoms with Crippen molar-refractivity contribution < 1.29 is 10.2 Å². The maximum absolute atomic E-state index is 9.60. The average Bonchev–Trinajstić information content (AvgIpc) is 2.17. The van der Waals surface area contributed by atoms with Crippen LogP contribution in [0.4, 0.5) is 0 Å². The number of benzene rings is 2. The highest BCUT2D eigenvalue weighted by atomic mass is 16.3. The minimum absolute atomic E-state index is 0.255. The monoisotopic (exact) mass is 188 g/mol. The molecule has 0 aliphatic heterocycles. The van der Waals surface area contributed by atoms with Crippen LogP contribution in [0.25, 0.3) is 10.8 Å². The van der Waals surface area contributed by atoms with Crippen molar-refractivity contribution in [3.8, 4) is 5.75 Å². The Morgan fingerprint density at radius 1 is 1.00 bits per heavy atom. The van der Waals surface area contributed by atoms with Gasteiger partial charge in [0.15, 0.2) is 0 Å². The molecular formula is C12H12O2. The Labute approximate surface area is 82.4 Å². The molecule has 2 heteroatoms. The Bertz CT molecular complexity index is 461. The molecule has 0 heterocycles. The SMILES string of the molecule is CC(O)c1cccc2c(O)cccc12. The molecule has 1 atom stereocenters. The Hall–Kier alpha value is -1.54. The summed E-state index contributed by atoms with van der Waals surface area (Å²) in [6.07, 6.45) is -0.513. The summed E-state index contributed by atoms with van der Waals surface area (Å²) < 4.78 is 0. The molecule has 0 saturated heterocycles. The van der Waals surface area contributed by atoms with Crippen molar-refractivity contribution >= 4 is 10.8 Å². The fourth-order valence-electron chi connectivity index (χ4n) is 1.68. The van der Waals surface area contributed by atoms with Crippen LogP contribution in [0.3, 0.4) is 0 Å². The second-order valence-corrected chi connectivity index (χ2v) is 3.40. The van der Waals surface area contributed by atoms with E-state index in [1.54, 1.807) is 19.1 Å². The smallest absolute Gasteiger partial charge is 0.123 e. The van der Waals surface area contributed by atoms with Gasteiger partial charge in [0.05, 0.1) is 6.10 Å². The van der Waals surface area contributed by atoms with Crippen LogP contribution in [0, 0.1) is 0 Å². The number of rotatable bonds is 1. The van der Waals surface area contributed by atoms with E-state index < -0.39 is 6.10 Å². The zero-order valence-corrected chi connectivity index (χ0v) is 7.94. The fourth-order valence-corrected chi connectivity index (χ4v) is 1.68. The summed E-state index contributed by atoms with van der Waals surface area (Å²) >= 11 is 0. The molecule has 0 spiro atoms. The lowest BCUT2D eigenvalue weighted by molar-refractivity contribution is 0.201. The number of hydrogen-bond donors (Lipinski definition) is 2. The van der Waals surface area contributed by atoms with Crippen molar-refractivity contribution in [2.75, 3.05) is 0 Å². The van der Waals surface area contributed by atoms with Crippen molar-refractivity contribution in [3.05, 3.63) is 42.0 Å². The molecule has 2 rings (SSSR count). The van der Waals surface area contributed by atoms with E-state index in [0.717, 1.165) is 16.3 Å². The van der Waals surface area contributed by atoms with Gasteiger partial charge in [-0.2, -0.15) is 0 Å². The third-order valence-corrected chi connectivity index (χ3v) is 2.38. The summed E-state index contributed by atoms with van der Waals surface area (Å²) in [5, 5.41) is 20.8. The van der Waals surface area contributed by atoms with Crippen LogP contribution in [-0.4, -0.2) is 10.2 Å². The Morgan fingerprint density at radius 3 is 2.36 bits per heavy atom. The molecule has 14 heavy (non-hydrogen) atoms. The Balaban J connectivity index is 2.81. The molecule has 2 aromatic carbocycles. The van der Waals surface area contributed by atoms with Gasteiger partial charge in [-0.1, -0.05) is 30.3 Å². The van der Waals surface area contributed by atoms with E-state index in [9.17, 15) is 10.2 Å². The van der Waals surface area contributed by atoms with E-state index in [-0.39, 0.29) is 5.75 Å². The first kappa shape index (κ1) is 9.03. The molecule has 0 amide bonds. The quantitative estimate of drug-likeness (QED) is 0.722. The van der Waals surface area contributed by atoms with Gasteiger partial charge in [-0.25, -0.2) is 0 Å². The van der Waals surface area contributed by atoms with Crippen LogP contribution < -0.4 is 0 Å². The minimum Gasteiger partial charge on any atom is -0.507 e. The third-order valence-electron chi connectivity index (χ3n) is 2.38. The van der Waals surface area contributed by atoms with Crippen LogP contribution >= 0.6 is 0 Å². The molecule has 0 fully saturated rings. The summed E-state index contributed by atoms with van der Waals surface area (Å²) in [7, 11) is 0. The van der Waals surface area contributed by atoms with Gasteiger partial charge in [-0.15, -0.1) is 0 Å². The topological polar surface area (TPSA) is 40.5 Å². The van der Waals surface area contributed by atoms with E-state index in [1.807, 2.05) is 24.3 Å². The van der Waals surface area contributed by atoms with Gasteiger partial charge in [0.25, 0.3) is 0 Å². The summed E-state index contributed by atoms with van der Waals surface area (Å²) in [6, 6.07) is 10.9. The zero-order chi connectivity index (χ0) is 10.1. The van der Waals surface area contributed by atoms with Crippen LogP contribution in [0.2, 0.25) is 0 Å². The molecule has 0 bridgehead atoms. The van der Waals surface area contributed by atoms with E-state index in [2.05, 4.69) is 0 Å². The van der Waals surface area contributed by atoms with Gasteiger partial charge in [0, 0.05) is 5.39 Å². The molecular weight excluding hydrogens is 176 g/mol. The average molecular weight is 188 g/mol. The van der Waals surface area contributed by atoms with Gasteiger partial charge in [-0.3, -0.25) is 0 Å². The predicted molar refractivity (Wildman–Crippen MR) is 56.2 cm³/mol. The lowest BCUT2D eigenvalue weighted by Gasteiger charge is -2.09. The third kappa shape index (κ3) is 1.34. The highest BCUT2D eigenvalue weighted by molar-refractivity contribution is 5.90. The summed E-state index contributed by atoms with van der Waals surface area (Å²) in [5.74, 6) is 0.255. The molecule has 2 nitrogen and oxygen atoms in total. The molecule has 0 aromatic heterocycles. The van der Waals surface area contributed by atoms with Crippen molar-refractivity contribution in [3.63, 3.8) is 0 Å². The molecule has 0 aliphatic rings. The number of aromatic hydroxyl groups is 1. The second-order valence-electron chi connectivity index (χ2n) is 3.40. The Morgan fingerprint density at radius 2 is 1.64 bits per heavy atom. The zero-order valence-electron chi connectivity index (χ0n) is 7.94. The van der Waals surface area contributed by atoms with E-state index in [4.69, 9.17) is 0 Å². The van der Waals surface area contributed by atoms with Crippen molar-refractivity contribution in [1.82, 2.24) is 0 Å². The van der Waals surface area contributed by atoms with Crippen molar-refractivity contribution in [2.45, 2.75) is 13.0 Å². The number of phenols is 1. The number of fused-ring (bicyclic) bond motifs is 1. The molecule has 0 saturated carbocycles. The van der Waals surface area contributed by atoms with Gasteiger partial charge in [0.2, 0.25) is 0 Å². The van der Waals surface area contributed by atoms with Crippen LogP contribution in [0.15, 0.2) is 36.4 Å². The first-order valence-electron chi connectivity index (χ1n) is 4.59. The summed E-state index contributed by atoms with van der Waals surface area (Å²) in [4.78, 5) is 0. The number of hydrogen-bond acceptors (Lipinski definition) is 2. The second kappa shape index (κ2) is 3.31. The van der Waals surface area contributed by atoms with Crippen LogP contribution in [-0.2, 0) is 0 Å². The number of aliphatic hydroxyl groups is 1. The molecule has 2 aromatic rings. The van der Waals surface area contributed by atoms with E-state index in [0.29, 0.717) is 0 Å².